The molecule has 24 heavy (non-hydrogen) atoms. The average Bonchev–Trinajstić information content (AvgIpc) is 2.51. The molecule has 136 valence electrons. The van der Waals surface area contributed by atoms with E-state index in [-0.39, 0.29) is 11.4 Å². The lowest BCUT2D eigenvalue weighted by Crippen LogP contribution is -2.66. The fourth-order valence-corrected chi connectivity index (χ4v) is 3.01. The van der Waals surface area contributed by atoms with E-state index < -0.39 is 25.2 Å². The highest BCUT2D eigenvalue weighted by Crippen LogP contribution is 2.39. The summed E-state index contributed by atoms with van der Waals surface area (Å²) < 4.78 is 57.1. The number of rotatable bonds is 7. The Bertz CT molecular complexity index is 498. The van der Waals surface area contributed by atoms with Gasteiger partial charge < -0.3 is 4.90 Å². The fraction of sp³-hybridized carbons (Fsp3) is 0.667. The van der Waals surface area contributed by atoms with Crippen molar-refractivity contribution in [3.05, 3.63) is 29.8 Å². The molecule has 1 aromatic rings. The van der Waals surface area contributed by atoms with Crippen molar-refractivity contribution in [2.45, 2.75) is 58.0 Å². The molecule has 1 aliphatic heterocycles. The van der Waals surface area contributed by atoms with Crippen LogP contribution in [-0.2, 0) is 6.42 Å². The van der Waals surface area contributed by atoms with Crippen LogP contribution >= 0.6 is 0 Å². The molecule has 0 radical (unpaired) electrons. The second-order valence-corrected chi connectivity index (χ2v) is 6.46. The molecule has 0 bridgehead atoms. The minimum atomic E-state index is -3.54. The van der Waals surface area contributed by atoms with E-state index in [9.17, 15) is 17.6 Å². The van der Waals surface area contributed by atoms with E-state index in [2.05, 4.69) is 6.92 Å². The van der Waals surface area contributed by atoms with E-state index in [1.54, 1.807) is 19.1 Å². The molecular formula is C18H26F4N2. The van der Waals surface area contributed by atoms with Crippen LogP contribution in [0.5, 0.6) is 0 Å². The standard InChI is InChI=1S/C18H26F4N2/c1-3-5-7-15-8-10-16(11-9-15)23-13-17(19,20)24(12-6-4-2)18(21,22)14-23/h8-11H,3-7,12-14H2,1-2H3. The Morgan fingerprint density at radius 1 is 0.875 bits per heavy atom. The Morgan fingerprint density at radius 2 is 1.42 bits per heavy atom. The topological polar surface area (TPSA) is 6.48 Å². The molecule has 6 heteroatoms. The molecule has 0 spiro atoms. The van der Waals surface area contributed by atoms with Gasteiger partial charge in [-0.1, -0.05) is 38.8 Å². The monoisotopic (exact) mass is 346 g/mol. The van der Waals surface area contributed by atoms with Gasteiger partial charge in [0.1, 0.15) is 0 Å². The van der Waals surface area contributed by atoms with Crippen molar-refractivity contribution in [3.8, 4) is 0 Å². The molecule has 1 heterocycles. The molecule has 1 aliphatic rings. The van der Waals surface area contributed by atoms with Crippen molar-refractivity contribution < 1.29 is 17.6 Å². The number of hydrogen-bond acceptors (Lipinski definition) is 2. The number of anilines is 1. The average molecular weight is 346 g/mol. The van der Waals surface area contributed by atoms with Crippen LogP contribution in [0.15, 0.2) is 24.3 Å². The lowest BCUT2D eigenvalue weighted by atomic mass is 10.1. The highest BCUT2D eigenvalue weighted by atomic mass is 19.3. The summed E-state index contributed by atoms with van der Waals surface area (Å²) in [4.78, 5) is 1.15. The largest absolute Gasteiger partial charge is 0.356 e. The highest BCUT2D eigenvalue weighted by molar-refractivity contribution is 5.48. The third-order valence-electron chi connectivity index (χ3n) is 4.41. The van der Waals surface area contributed by atoms with Crippen LogP contribution in [0.2, 0.25) is 0 Å². The van der Waals surface area contributed by atoms with E-state index in [0.717, 1.165) is 29.7 Å². The molecule has 0 N–H and O–H groups in total. The first kappa shape index (κ1) is 19.0. The van der Waals surface area contributed by atoms with E-state index in [0.29, 0.717) is 18.5 Å². The van der Waals surface area contributed by atoms with Gasteiger partial charge in [0.2, 0.25) is 0 Å². The summed E-state index contributed by atoms with van der Waals surface area (Å²) in [5.74, 6) is 0. The van der Waals surface area contributed by atoms with Crippen LogP contribution in [0.4, 0.5) is 23.2 Å². The molecule has 0 atom stereocenters. The number of unbranched alkanes of at least 4 members (excludes halogenated alkanes) is 2. The smallest absolute Gasteiger partial charge is 0.326 e. The lowest BCUT2D eigenvalue weighted by molar-refractivity contribution is -0.281. The highest BCUT2D eigenvalue weighted by Gasteiger charge is 2.57. The molecule has 2 rings (SSSR count). The number of halogens is 4. The van der Waals surface area contributed by atoms with Gasteiger partial charge in [-0.05, 0) is 37.0 Å². The minimum absolute atomic E-state index is 0.0651. The molecular weight excluding hydrogens is 320 g/mol. The third-order valence-corrected chi connectivity index (χ3v) is 4.41. The quantitative estimate of drug-likeness (QED) is 0.498. The second-order valence-electron chi connectivity index (χ2n) is 6.46. The number of alkyl halides is 4. The van der Waals surface area contributed by atoms with Gasteiger partial charge in [0.25, 0.3) is 0 Å². The summed E-state index contributed by atoms with van der Waals surface area (Å²) in [6.07, 6.45) is 3.96. The molecule has 1 aromatic carbocycles. The SMILES string of the molecule is CCCCc1ccc(N2CC(F)(F)N(CCCC)C(F)(F)C2)cc1. The summed E-state index contributed by atoms with van der Waals surface area (Å²) in [5.41, 5.74) is 1.52. The lowest BCUT2D eigenvalue weighted by Gasteiger charge is -2.46. The maximum Gasteiger partial charge on any atom is 0.326 e. The molecule has 0 saturated carbocycles. The number of benzene rings is 1. The molecule has 0 unspecified atom stereocenters. The first-order valence-corrected chi connectivity index (χ1v) is 8.67. The minimum Gasteiger partial charge on any atom is -0.356 e. The van der Waals surface area contributed by atoms with Gasteiger partial charge in [0, 0.05) is 12.2 Å². The Hall–Kier alpha value is -1.30. The van der Waals surface area contributed by atoms with Crippen LogP contribution < -0.4 is 4.90 Å². The normalized spacial score (nSPS) is 20.3. The van der Waals surface area contributed by atoms with E-state index in [1.165, 1.54) is 0 Å². The van der Waals surface area contributed by atoms with E-state index in [4.69, 9.17) is 0 Å². The van der Waals surface area contributed by atoms with E-state index in [1.807, 2.05) is 12.1 Å². The first-order chi connectivity index (χ1) is 11.3. The first-order valence-electron chi connectivity index (χ1n) is 8.67. The molecule has 1 saturated heterocycles. The second kappa shape index (κ2) is 7.72. The van der Waals surface area contributed by atoms with Crippen molar-refractivity contribution in [3.63, 3.8) is 0 Å². The van der Waals surface area contributed by atoms with Crippen LogP contribution in [-0.4, -0.2) is 36.6 Å². The van der Waals surface area contributed by atoms with E-state index >= 15 is 0 Å². The number of nitrogens with zero attached hydrogens (tertiary/aromatic N) is 2. The Kier molecular flexibility index (Phi) is 6.12. The number of piperazine rings is 1. The Balaban J connectivity index is 2.13. The molecule has 1 fully saturated rings. The Labute approximate surface area is 141 Å². The number of hydrogen-bond donors (Lipinski definition) is 0. The fourth-order valence-electron chi connectivity index (χ4n) is 3.01. The van der Waals surface area contributed by atoms with Gasteiger partial charge in [-0.25, -0.2) is 0 Å². The summed E-state index contributed by atoms with van der Waals surface area (Å²) in [5, 5.41) is 0. The van der Waals surface area contributed by atoms with Gasteiger partial charge in [-0.15, -0.1) is 0 Å². The Morgan fingerprint density at radius 3 is 1.92 bits per heavy atom. The predicted molar refractivity (Wildman–Crippen MR) is 88.8 cm³/mol. The molecule has 0 aromatic heterocycles. The maximum absolute atomic E-state index is 14.3. The summed E-state index contributed by atoms with van der Waals surface area (Å²) >= 11 is 0. The molecule has 2 nitrogen and oxygen atoms in total. The van der Waals surface area contributed by atoms with Gasteiger partial charge >= 0.3 is 12.1 Å². The zero-order valence-electron chi connectivity index (χ0n) is 14.4. The summed E-state index contributed by atoms with van der Waals surface area (Å²) in [7, 11) is 0. The van der Waals surface area contributed by atoms with Crippen LogP contribution in [0.3, 0.4) is 0 Å². The maximum atomic E-state index is 14.3. The van der Waals surface area contributed by atoms with Gasteiger partial charge in [-0.3, -0.25) is 0 Å². The van der Waals surface area contributed by atoms with Crippen molar-refractivity contribution in [2.75, 3.05) is 24.5 Å². The zero-order valence-corrected chi connectivity index (χ0v) is 14.4. The van der Waals surface area contributed by atoms with Gasteiger partial charge in [0.05, 0.1) is 13.1 Å². The third kappa shape index (κ3) is 4.41. The van der Waals surface area contributed by atoms with Gasteiger partial charge in [0.15, 0.2) is 0 Å². The van der Waals surface area contributed by atoms with Gasteiger partial charge in [-0.2, -0.15) is 22.5 Å². The molecule has 0 amide bonds. The van der Waals surface area contributed by atoms with Crippen molar-refractivity contribution in [1.29, 1.82) is 0 Å². The van der Waals surface area contributed by atoms with Crippen LogP contribution in [0.25, 0.3) is 0 Å². The predicted octanol–water partition coefficient (Wildman–Crippen LogP) is 5.14. The zero-order chi connectivity index (χ0) is 17.8. The molecule has 0 aliphatic carbocycles. The van der Waals surface area contributed by atoms with Crippen molar-refractivity contribution in [1.82, 2.24) is 4.90 Å². The van der Waals surface area contributed by atoms with Crippen molar-refractivity contribution in [2.24, 2.45) is 0 Å². The summed E-state index contributed by atoms with van der Waals surface area (Å²) in [6.45, 7) is 2.19. The van der Waals surface area contributed by atoms with Crippen molar-refractivity contribution >= 4 is 5.69 Å². The summed E-state index contributed by atoms with van der Waals surface area (Å²) in [6, 6.07) is -0.0806. The number of aryl methyl sites for hydroxylation is 1. The van der Waals surface area contributed by atoms with Crippen LogP contribution in [0, 0.1) is 0 Å². The van der Waals surface area contributed by atoms with Crippen LogP contribution in [0.1, 0.15) is 45.1 Å².